The standard InChI is InChI=1S/C14H17N3OS/c1-4-10-6-5-7-11(8-10)18-13-9-12(15-2)16-14(17-13)19-3/h5-9H,4H2,1-3H3,(H,15,16,17). The lowest BCUT2D eigenvalue weighted by Crippen LogP contribution is -1.98. The summed E-state index contributed by atoms with van der Waals surface area (Å²) in [6.07, 6.45) is 2.93. The van der Waals surface area contributed by atoms with Crippen molar-refractivity contribution in [2.24, 2.45) is 0 Å². The van der Waals surface area contributed by atoms with Gasteiger partial charge in [-0.2, -0.15) is 4.98 Å². The summed E-state index contributed by atoms with van der Waals surface area (Å²) in [7, 11) is 1.83. The molecule has 0 radical (unpaired) electrons. The number of aromatic nitrogens is 2. The highest BCUT2D eigenvalue weighted by molar-refractivity contribution is 7.98. The molecule has 2 aromatic rings. The van der Waals surface area contributed by atoms with Gasteiger partial charge in [-0.1, -0.05) is 30.8 Å². The summed E-state index contributed by atoms with van der Waals surface area (Å²) in [5.41, 5.74) is 1.24. The highest BCUT2D eigenvalue weighted by Crippen LogP contribution is 2.24. The van der Waals surface area contributed by atoms with Gasteiger partial charge >= 0.3 is 0 Å². The largest absolute Gasteiger partial charge is 0.439 e. The van der Waals surface area contributed by atoms with Gasteiger partial charge in [-0.05, 0) is 30.4 Å². The Balaban J connectivity index is 2.26. The number of nitrogens with zero attached hydrogens (tertiary/aromatic N) is 2. The average molecular weight is 275 g/mol. The van der Waals surface area contributed by atoms with E-state index in [1.165, 1.54) is 17.3 Å². The number of hydrogen-bond acceptors (Lipinski definition) is 5. The zero-order valence-corrected chi connectivity index (χ0v) is 12.1. The fourth-order valence-corrected chi connectivity index (χ4v) is 2.00. The Morgan fingerprint density at radius 1 is 1.26 bits per heavy atom. The van der Waals surface area contributed by atoms with Crippen LogP contribution in [0.4, 0.5) is 5.82 Å². The van der Waals surface area contributed by atoms with Crippen LogP contribution in [0.3, 0.4) is 0 Å². The summed E-state index contributed by atoms with van der Waals surface area (Å²) in [5, 5.41) is 3.69. The van der Waals surface area contributed by atoms with Gasteiger partial charge in [0.2, 0.25) is 5.88 Å². The van der Waals surface area contributed by atoms with E-state index in [1.807, 2.05) is 31.5 Å². The predicted molar refractivity (Wildman–Crippen MR) is 79.3 cm³/mol. The molecule has 0 fully saturated rings. The third-order valence-corrected chi connectivity index (χ3v) is 3.20. The Hall–Kier alpha value is -1.75. The van der Waals surface area contributed by atoms with Crippen LogP contribution in [-0.2, 0) is 6.42 Å². The number of ether oxygens (including phenoxy) is 1. The first-order chi connectivity index (χ1) is 9.25. The van der Waals surface area contributed by atoms with Crippen molar-refractivity contribution in [2.75, 3.05) is 18.6 Å². The van der Waals surface area contributed by atoms with E-state index in [-0.39, 0.29) is 0 Å². The fraction of sp³-hybridized carbons (Fsp3) is 0.286. The molecule has 1 heterocycles. The fourth-order valence-electron chi connectivity index (χ4n) is 1.63. The van der Waals surface area contributed by atoms with Crippen LogP contribution in [0.15, 0.2) is 35.5 Å². The SMILES string of the molecule is CCc1cccc(Oc2cc(NC)nc(SC)n2)c1. The second-order valence-electron chi connectivity index (χ2n) is 3.93. The minimum absolute atomic E-state index is 0.553. The van der Waals surface area contributed by atoms with Gasteiger partial charge in [0.15, 0.2) is 5.16 Å². The van der Waals surface area contributed by atoms with Crippen LogP contribution in [0.5, 0.6) is 11.6 Å². The number of rotatable bonds is 5. The van der Waals surface area contributed by atoms with Crippen molar-refractivity contribution in [3.63, 3.8) is 0 Å². The van der Waals surface area contributed by atoms with Gasteiger partial charge in [-0.3, -0.25) is 0 Å². The molecule has 0 atom stereocenters. The van der Waals surface area contributed by atoms with Crippen LogP contribution in [-0.4, -0.2) is 23.3 Å². The minimum atomic E-state index is 0.553. The maximum absolute atomic E-state index is 5.80. The van der Waals surface area contributed by atoms with Crippen molar-refractivity contribution in [2.45, 2.75) is 18.5 Å². The van der Waals surface area contributed by atoms with Crippen LogP contribution in [0.25, 0.3) is 0 Å². The van der Waals surface area contributed by atoms with Crippen molar-refractivity contribution < 1.29 is 4.74 Å². The van der Waals surface area contributed by atoms with Crippen LogP contribution in [0.2, 0.25) is 0 Å². The summed E-state index contributed by atoms with van der Waals surface area (Å²) in [6, 6.07) is 9.82. The Morgan fingerprint density at radius 2 is 2.11 bits per heavy atom. The van der Waals surface area contributed by atoms with Crippen LogP contribution < -0.4 is 10.1 Å². The van der Waals surface area contributed by atoms with Crippen molar-refractivity contribution >= 4 is 17.6 Å². The molecule has 5 heteroatoms. The smallest absolute Gasteiger partial charge is 0.225 e. The van der Waals surface area contributed by atoms with Crippen LogP contribution in [0.1, 0.15) is 12.5 Å². The van der Waals surface area contributed by atoms with Crippen molar-refractivity contribution in [3.05, 3.63) is 35.9 Å². The zero-order chi connectivity index (χ0) is 13.7. The number of anilines is 1. The summed E-state index contributed by atoms with van der Waals surface area (Å²) >= 11 is 1.49. The molecule has 100 valence electrons. The number of hydrogen-bond donors (Lipinski definition) is 1. The van der Waals surface area contributed by atoms with E-state index >= 15 is 0 Å². The molecule has 0 unspecified atom stereocenters. The molecule has 0 aliphatic heterocycles. The average Bonchev–Trinajstić information content (AvgIpc) is 2.47. The number of nitrogens with one attached hydrogen (secondary N) is 1. The summed E-state index contributed by atoms with van der Waals surface area (Å²) in [4.78, 5) is 8.65. The molecule has 2 rings (SSSR count). The summed E-state index contributed by atoms with van der Waals surface area (Å²) in [6.45, 7) is 2.12. The topological polar surface area (TPSA) is 47.0 Å². The van der Waals surface area contributed by atoms with E-state index in [4.69, 9.17) is 4.74 Å². The molecule has 0 aliphatic carbocycles. The normalized spacial score (nSPS) is 10.3. The predicted octanol–water partition coefficient (Wildman–Crippen LogP) is 3.59. The monoisotopic (exact) mass is 275 g/mol. The molecule has 1 aromatic heterocycles. The summed E-state index contributed by atoms with van der Waals surface area (Å²) in [5.74, 6) is 2.10. The van der Waals surface area contributed by atoms with Crippen molar-refractivity contribution in [3.8, 4) is 11.6 Å². The Labute approximate surface area is 117 Å². The van der Waals surface area contributed by atoms with Gasteiger partial charge in [-0.25, -0.2) is 4.98 Å². The molecule has 4 nitrogen and oxygen atoms in total. The molecule has 0 amide bonds. The first-order valence-corrected chi connectivity index (χ1v) is 7.35. The van der Waals surface area contributed by atoms with Gasteiger partial charge in [0.05, 0.1) is 0 Å². The molecule has 0 bridgehead atoms. The number of benzene rings is 1. The maximum Gasteiger partial charge on any atom is 0.225 e. The molecule has 0 saturated carbocycles. The minimum Gasteiger partial charge on any atom is -0.439 e. The van der Waals surface area contributed by atoms with Crippen LogP contribution >= 0.6 is 11.8 Å². The quantitative estimate of drug-likeness (QED) is 0.667. The van der Waals surface area contributed by atoms with Crippen LogP contribution in [0, 0.1) is 0 Å². The van der Waals surface area contributed by atoms with Crippen molar-refractivity contribution in [1.82, 2.24) is 9.97 Å². The van der Waals surface area contributed by atoms with Gasteiger partial charge in [-0.15, -0.1) is 0 Å². The maximum atomic E-state index is 5.80. The molecule has 1 aromatic carbocycles. The van der Waals surface area contributed by atoms with Gasteiger partial charge in [0, 0.05) is 13.1 Å². The molecular formula is C14H17N3OS. The number of thioether (sulfide) groups is 1. The van der Waals surface area contributed by atoms with E-state index in [0.29, 0.717) is 11.0 Å². The van der Waals surface area contributed by atoms with E-state index in [2.05, 4.69) is 28.3 Å². The van der Waals surface area contributed by atoms with Gasteiger partial charge < -0.3 is 10.1 Å². The molecule has 0 aliphatic rings. The highest BCUT2D eigenvalue weighted by atomic mass is 32.2. The zero-order valence-electron chi connectivity index (χ0n) is 11.3. The lowest BCUT2D eigenvalue weighted by atomic mass is 10.2. The van der Waals surface area contributed by atoms with E-state index < -0.39 is 0 Å². The molecule has 19 heavy (non-hydrogen) atoms. The van der Waals surface area contributed by atoms with E-state index in [0.717, 1.165) is 18.0 Å². The molecular weight excluding hydrogens is 258 g/mol. The lowest BCUT2D eigenvalue weighted by Gasteiger charge is -2.08. The first-order valence-electron chi connectivity index (χ1n) is 6.12. The third kappa shape index (κ3) is 3.61. The Kier molecular flexibility index (Phi) is 4.63. The van der Waals surface area contributed by atoms with Gasteiger partial charge in [0.1, 0.15) is 11.6 Å². The van der Waals surface area contributed by atoms with Gasteiger partial charge in [0.25, 0.3) is 0 Å². The summed E-state index contributed by atoms with van der Waals surface area (Å²) < 4.78 is 5.80. The molecule has 0 spiro atoms. The third-order valence-electron chi connectivity index (χ3n) is 2.65. The lowest BCUT2D eigenvalue weighted by molar-refractivity contribution is 0.455. The molecule has 1 N–H and O–H groups in total. The Morgan fingerprint density at radius 3 is 2.79 bits per heavy atom. The number of aryl methyl sites for hydroxylation is 1. The molecule has 0 saturated heterocycles. The second-order valence-corrected chi connectivity index (χ2v) is 4.70. The van der Waals surface area contributed by atoms with Crippen molar-refractivity contribution in [1.29, 1.82) is 0 Å². The van der Waals surface area contributed by atoms with E-state index in [1.54, 1.807) is 6.07 Å². The first kappa shape index (κ1) is 13.7. The highest BCUT2D eigenvalue weighted by Gasteiger charge is 2.05. The second kappa shape index (κ2) is 6.43. The Bertz CT molecular complexity index is 538. The van der Waals surface area contributed by atoms with E-state index in [9.17, 15) is 0 Å².